The highest BCUT2D eigenvalue weighted by Crippen LogP contribution is 2.26. The molecule has 0 spiro atoms. The molecule has 0 saturated carbocycles. The lowest BCUT2D eigenvalue weighted by molar-refractivity contribution is 0.600. The summed E-state index contributed by atoms with van der Waals surface area (Å²) in [5, 5.41) is 0.233. The molecular weight excluding hydrogens is 185 g/mol. The molecular formula is C10H14FNS. The predicted molar refractivity (Wildman–Crippen MR) is 55.4 cm³/mol. The van der Waals surface area contributed by atoms with Crippen LogP contribution in [0, 0.1) is 5.82 Å². The van der Waals surface area contributed by atoms with Gasteiger partial charge in [0.2, 0.25) is 0 Å². The zero-order valence-corrected chi connectivity index (χ0v) is 8.64. The molecule has 0 heterocycles. The lowest BCUT2D eigenvalue weighted by Gasteiger charge is -2.14. The van der Waals surface area contributed by atoms with Gasteiger partial charge in [-0.3, -0.25) is 0 Å². The number of halogens is 1. The Morgan fingerprint density at radius 2 is 1.92 bits per heavy atom. The van der Waals surface area contributed by atoms with Crippen molar-refractivity contribution in [3.05, 3.63) is 30.1 Å². The van der Waals surface area contributed by atoms with Crippen LogP contribution in [0.1, 0.15) is 13.8 Å². The van der Waals surface area contributed by atoms with Gasteiger partial charge >= 0.3 is 0 Å². The molecule has 1 aromatic carbocycles. The second-order valence-electron chi connectivity index (χ2n) is 3.11. The predicted octanol–water partition coefficient (Wildman–Crippen LogP) is 2.65. The fourth-order valence-electron chi connectivity index (χ4n) is 0.848. The Labute approximate surface area is 82.5 Å². The Bertz CT molecular complexity index is 275. The molecule has 2 atom stereocenters. The van der Waals surface area contributed by atoms with Crippen molar-refractivity contribution in [2.75, 3.05) is 0 Å². The number of nitrogens with two attached hydrogens (primary N) is 1. The first-order chi connectivity index (χ1) is 6.11. The van der Waals surface area contributed by atoms with E-state index in [2.05, 4.69) is 0 Å². The van der Waals surface area contributed by atoms with Crippen LogP contribution in [0.4, 0.5) is 4.39 Å². The van der Waals surface area contributed by atoms with Gasteiger partial charge in [-0.15, -0.1) is 11.8 Å². The van der Waals surface area contributed by atoms with E-state index in [9.17, 15) is 4.39 Å². The highest BCUT2D eigenvalue weighted by Gasteiger charge is 2.11. The molecule has 1 rings (SSSR count). The fourth-order valence-corrected chi connectivity index (χ4v) is 1.80. The van der Waals surface area contributed by atoms with E-state index >= 15 is 0 Å². The summed E-state index contributed by atoms with van der Waals surface area (Å²) in [6.45, 7) is 3.93. The summed E-state index contributed by atoms with van der Waals surface area (Å²) in [4.78, 5) is 0.673. The minimum atomic E-state index is -0.167. The highest BCUT2D eigenvalue weighted by molar-refractivity contribution is 8.00. The molecule has 0 aromatic heterocycles. The molecule has 2 unspecified atom stereocenters. The smallest absolute Gasteiger partial charge is 0.136 e. The zero-order valence-electron chi connectivity index (χ0n) is 7.83. The lowest BCUT2D eigenvalue weighted by Crippen LogP contribution is -2.26. The van der Waals surface area contributed by atoms with Crippen LogP contribution in [0.15, 0.2) is 29.2 Å². The van der Waals surface area contributed by atoms with Gasteiger partial charge in [0, 0.05) is 16.2 Å². The molecule has 0 fully saturated rings. The van der Waals surface area contributed by atoms with E-state index in [1.54, 1.807) is 12.1 Å². The van der Waals surface area contributed by atoms with Crippen LogP contribution in [0.2, 0.25) is 0 Å². The van der Waals surface area contributed by atoms with Crippen molar-refractivity contribution in [3.63, 3.8) is 0 Å². The van der Waals surface area contributed by atoms with E-state index in [-0.39, 0.29) is 17.1 Å². The first kappa shape index (κ1) is 10.5. The maximum atomic E-state index is 13.2. The van der Waals surface area contributed by atoms with Gasteiger partial charge in [0.25, 0.3) is 0 Å². The van der Waals surface area contributed by atoms with E-state index in [0.29, 0.717) is 4.90 Å². The maximum Gasteiger partial charge on any atom is 0.136 e. The van der Waals surface area contributed by atoms with Crippen molar-refractivity contribution in [2.24, 2.45) is 5.73 Å². The van der Waals surface area contributed by atoms with Crippen molar-refractivity contribution >= 4 is 11.8 Å². The first-order valence-corrected chi connectivity index (χ1v) is 5.16. The topological polar surface area (TPSA) is 26.0 Å². The van der Waals surface area contributed by atoms with Gasteiger partial charge in [-0.05, 0) is 19.1 Å². The molecule has 0 aliphatic heterocycles. The molecule has 2 N–H and O–H groups in total. The normalized spacial score (nSPS) is 15.4. The molecule has 0 radical (unpaired) electrons. The van der Waals surface area contributed by atoms with E-state index in [1.807, 2.05) is 19.9 Å². The monoisotopic (exact) mass is 199 g/mol. The molecule has 0 saturated heterocycles. The van der Waals surface area contributed by atoms with Crippen molar-refractivity contribution in [1.82, 2.24) is 0 Å². The van der Waals surface area contributed by atoms with E-state index in [0.717, 1.165) is 0 Å². The summed E-state index contributed by atoms with van der Waals surface area (Å²) in [5.41, 5.74) is 5.69. The van der Waals surface area contributed by atoms with E-state index in [4.69, 9.17) is 5.73 Å². The number of rotatable bonds is 3. The van der Waals surface area contributed by atoms with Gasteiger partial charge < -0.3 is 5.73 Å². The van der Waals surface area contributed by atoms with Gasteiger partial charge in [0.15, 0.2) is 0 Å². The Hall–Kier alpha value is -0.540. The van der Waals surface area contributed by atoms with Gasteiger partial charge in [-0.2, -0.15) is 0 Å². The van der Waals surface area contributed by atoms with Crippen LogP contribution < -0.4 is 5.73 Å². The van der Waals surface area contributed by atoms with Crippen molar-refractivity contribution in [2.45, 2.75) is 30.0 Å². The SMILES string of the molecule is CC(N)C(C)Sc1ccccc1F. The van der Waals surface area contributed by atoms with Gasteiger partial charge in [-0.25, -0.2) is 4.39 Å². The average molecular weight is 199 g/mol. The fraction of sp³-hybridized carbons (Fsp3) is 0.400. The van der Waals surface area contributed by atoms with Gasteiger partial charge in [0.05, 0.1) is 0 Å². The van der Waals surface area contributed by atoms with Gasteiger partial charge in [0.1, 0.15) is 5.82 Å². The largest absolute Gasteiger partial charge is 0.327 e. The zero-order chi connectivity index (χ0) is 9.84. The number of hydrogen-bond acceptors (Lipinski definition) is 2. The Balaban J connectivity index is 2.69. The molecule has 1 nitrogen and oxygen atoms in total. The molecule has 0 aliphatic rings. The quantitative estimate of drug-likeness (QED) is 0.757. The van der Waals surface area contributed by atoms with E-state index in [1.165, 1.54) is 17.8 Å². The lowest BCUT2D eigenvalue weighted by atomic mass is 10.3. The molecule has 0 bridgehead atoms. The van der Waals surface area contributed by atoms with Crippen LogP contribution in [0.25, 0.3) is 0 Å². The van der Waals surface area contributed by atoms with Crippen molar-refractivity contribution in [1.29, 1.82) is 0 Å². The average Bonchev–Trinajstić information content (AvgIpc) is 2.08. The van der Waals surface area contributed by atoms with Crippen LogP contribution >= 0.6 is 11.8 Å². The Kier molecular flexibility index (Phi) is 3.75. The minimum Gasteiger partial charge on any atom is -0.327 e. The second-order valence-corrected chi connectivity index (χ2v) is 4.53. The number of hydrogen-bond donors (Lipinski definition) is 1. The summed E-state index contributed by atoms with van der Waals surface area (Å²) in [6.07, 6.45) is 0. The third-order valence-electron chi connectivity index (χ3n) is 1.89. The Morgan fingerprint density at radius 3 is 2.46 bits per heavy atom. The molecule has 3 heteroatoms. The van der Waals surface area contributed by atoms with Gasteiger partial charge in [-0.1, -0.05) is 19.1 Å². The molecule has 1 aromatic rings. The third-order valence-corrected chi connectivity index (χ3v) is 3.28. The minimum absolute atomic E-state index is 0.0737. The summed E-state index contributed by atoms with van der Waals surface area (Å²) < 4.78 is 13.2. The van der Waals surface area contributed by atoms with Crippen LogP contribution in [0.5, 0.6) is 0 Å². The summed E-state index contributed by atoms with van der Waals surface area (Å²) >= 11 is 1.48. The standard InChI is InChI=1S/C10H14FNS/c1-7(12)8(2)13-10-6-4-3-5-9(10)11/h3-8H,12H2,1-2H3. The van der Waals surface area contributed by atoms with E-state index < -0.39 is 0 Å². The van der Waals surface area contributed by atoms with Crippen LogP contribution in [0.3, 0.4) is 0 Å². The summed E-state index contributed by atoms with van der Waals surface area (Å²) in [6, 6.07) is 6.84. The second kappa shape index (κ2) is 4.63. The van der Waals surface area contributed by atoms with Crippen LogP contribution in [-0.4, -0.2) is 11.3 Å². The number of thioether (sulfide) groups is 1. The van der Waals surface area contributed by atoms with Crippen molar-refractivity contribution < 1.29 is 4.39 Å². The molecule has 0 aliphatic carbocycles. The molecule has 72 valence electrons. The van der Waals surface area contributed by atoms with Crippen molar-refractivity contribution in [3.8, 4) is 0 Å². The third kappa shape index (κ3) is 3.01. The molecule has 13 heavy (non-hydrogen) atoms. The highest BCUT2D eigenvalue weighted by atomic mass is 32.2. The number of benzene rings is 1. The first-order valence-electron chi connectivity index (χ1n) is 4.28. The Morgan fingerprint density at radius 1 is 1.31 bits per heavy atom. The van der Waals surface area contributed by atoms with Crippen LogP contribution in [-0.2, 0) is 0 Å². The summed E-state index contributed by atoms with van der Waals surface area (Å²) in [5.74, 6) is -0.167. The summed E-state index contributed by atoms with van der Waals surface area (Å²) in [7, 11) is 0. The molecule has 0 amide bonds. The maximum absolute atomic E-state index is 13.2.